The summed E-state index contributed by atoms with van der Waals surface area (Å²) in [6, 6.07) is 13.6. The molecule has 7 heteroatoms. The molecule has 0 saturated carbocycles. The second kappa shape index (κ2) is 10.3. The van der Waals surface area contributed by atoms with Crippen molar-refractivity contribution < 1.29 is 14.0 Å². The Morgan fingerprint density at radius 1 is 1.00 bits per heavy atom. The van der Waals surface area contributed by atoms with Crippen LogP contribution in [0.15, 0.2) is 48.5 Å². The lowest BCUT2D eigenvalue weighted by Gasteiger charge is -2.37. The van der Waals surface area contributed by atoms with Gasteiger partial charge in [0, 0.05) is 38.4 Å². The molecule has 0 radical (unpaired) electrons. The van der Waals surface area contributed by atoms with Crippen LogP contribution in [0.1, 0.15) is 18.1 Å². The van der Waals surface area contributed by atoms with Gasteiger partial charge in [0.05, 0.1) is 12.6 Å². The van der Waals surface area contributed by atoms with Crippen LogP contribution < -0.4 is 10.6 Å². The van der Waals surface area contributed by atoms with Gasteiger partial charge in [0.1, 0.15) is 5.82 Å². The van der Waals surface area contributed by atoms with Gasteiger partial charge in [-0.15, -0.1) is 0 Å². The number of rotatable bonds is 7. The highest BCUT2D eigenvalue weighted by Crippen LogP contribution is 2.10. The van der Waals surface area contributed by atoms with Gasteiger partial charge in [-0.1, -0.05) is 29.8 Å². The summed E-state index contributed by atoms with van der Waals surface area (Å²) in [7, 11) is 0. The van der Waals surface area contributed by atoms with E-state index in [2.05, 4.69) is 20.4 Å². The van der Waals surface area contributed by atoms with Gasteiger partial charge in [-0.05, 0) is 43.7 Å². The van der Waals surface area contributed by atoms with E-state index in [4.69, 9.17) is 0 Å². The van der Waals surface area contributed by atoms with Gasteiger partial charge in [0.25, 0.3) is 0 Å². The molecule has 1 unspecified atom stereocenters. The van der Waals surface area contributed by atoms with Crippen LogP contribution in [0.5, 0.6) is 0 Å². The maximum Gasteiger partial charge on any atom is 0.238 e. The second-order valence-electron chi connectivity index (χ2n) is 7.75. The zero-order valence-electron chi connectivity index (χ0n) is 17.5. The highest BCUT2D eigenvalue weighted by atomic mass is 19.1. The van der Waals surface area contributed by atoms with Crippen LogP contribution in [0.2, 0.25) is 0 Å². The van der Waals surface area contributed by atoms with E-state index in [1.807, 2.05) is 38.1 Å². The van der Waals surface area contributed by atoms with Gasteiger partial charge in [-0.3, -0.25) is 19.4 Å². The first-order chi connectivity index (χ1) is 14.4. The average molecular weight is 413 g/mol. The van der Waals surface area contributed by atoms with Crippen LogP contribution in [0.3, 0.4) is 0 Å². The Morgan fingerprint density at radius 3 is 2.27 bits per heavy atom. The predicted molar refractivity (Wildman–Crippen MR) is 116 cm³/mol. The van der Waals surface area contributed by atoms with Gasteiger partial charge in [-0.2, -0.15) is 0 Å². The summed E-state index contributed by atoms with van der Waals surface area (Å²) >= 11 is 0. The SMILES string of the molecule is Cc1ccc(NC(=O)CN2CCN(C(C)C(=O)NCc3ccc(F)cc3)CC2)cc1. The van der Waals surface area contributed by atoms with Crippen molar-refractivity contribution in [3.05, 3.63) is 65.5 Å². The summed E-state index contributed by atoms with van der Waals surface area (Å²) in [4.78, 5) is 29.0. The monoisotopic (exact) mass is 412 g/mol. The lowest BCUT2D eigenvalue weighted by atomic mass is 10.2. The number of hydrogen-bond acceptors (Lipinski definition) is 4. The number of aryl methyl sites for hydroxylation is 1. The zero-order valence-corrected chi connectivity index (χ0v) is 17.5. The van der Waals surface area contributed by atoms with Crippen molar-refractivity contribution in [2.45, 2.75) is 26.4 Å². The molecule has 160 valence electrons. The standard InChI is InChI=1S/C23H29FN4O2/c1-17-3-9-21(10-4-17)26-22(29)16-27-11-13-28(14-12-27)18(2)23(30)25-15-19-5-7-20(24)8-6-19/h3-10,18H,11-16H2,1-2H3,(H,25,30)(H,26,29). The molecule has 2 aromatic rings. The topological polar surface area (TPSA) is 64.7 Å². The molecular weight excluding hydrogens is 383 g/mol. The maximum atomic E-state index is 13.0. The molecule has 3 rings (SSSR count). The Balaban J connectivity index is 1.39. The van der Waals surface area contributed by atoms with E-state index >= 15 is 0 Å². The lowest BCUT2D eigenvalue weighted by Crippen LogP contribution is -2.54. The van der Waals surface area contributed by atoms with E-state index in [0.29, 0.717) is 13.1 Å². The third kappa shape index (κ3) is 6.37. The fraction of sp³-hybridized carbons (Fsp3) is 0.391. The molecule has 1 saturated heterocycles. The van der Waals surface area contributed by atoms with Crippen LogP contribution in [0, 0.1) is 12.7 Å². The average Bonchev–Trinajstić information content (AvgIpc) is 2.75. The molecule has 2 N–H and O–H groups in total. The molecular formula is C23H29FN4O2. The van der Waals surface area contributed by atoms with Crippen LogP contribution in [0.4, 0.5) is 10.1 Å². The number of benzene rings is 2. The number of amides is 2. The summed E-state index contributed by atoms with van der Waals surface area (Å²) in [5.41, 5.74) is 2.82. The van der Waals surface area contributed by atoms with E-state index in [1.165, 1.54) is 12.1 Å². The molecule has 0 aliphatic carbocycles. The van der Waals surface area contributed by atoms with Crippen LogP contribution in [-0.2, 0) is 16.1 Å². The molecule has 6 nitrogen and oxygen atoms in total. The number of hydrogen-bond donors (Lipinski definition) is 2. The Labute approximate surface area is 177 Å². The number of nitrogens with one attached hydrogen (secondary N) is 2. The first kappa shape index (κ1) is 21.9. The van der Waals surface area contributed by atoms with Crippen LogP contribution in [-0.4, -0.2) is 60.4 Å². The highest BCUT2D eigenvalue weighted by molar-refractivity contribution is 5.92. The molecule has 0 bridgehead atoms. The Morgan fingerprint density at radius 2 is 1.63 bits per heavy atom. The summed E-state index contributed by atoms with van der Waals surface area (Å²) < 4.78 is 13.0. The van der Waals surface area contributed by atoms with E-state index in [1.54, 1.807) is 12.1 Å². The quantitative estimate of drug-likeness (QED) is 0.733. The number of nitrogens with zero attached hydrogens (tertiary/aromatic N) is 2. The maximum absolute atomic E-state index is 13.0. The normalized spacial score (nSPS) is 16.1. The fourth-order valence-electron chi connectivity index (χ4n) is 3.45. The first-order valence-corrected chi connectivity index (χ1v) is 10.3. The third-order valence-corrected chi connectivity index (χ3v) is 5.42. The van der Waals surface area contributed by atoms with Crippen LogP contribution in [0.25, 0.3) is 0 Å². The van der Waals surface area contributed by atoms with Gasteiger partial charge >= 0.3 is 0 Å². The van der Waals surface area contributed by atoms with Crippen molar-refractivity contribution in [1.82, 2.24) is 15.1 Å². The minimum atomic E-state index is -0.288. The third-order valence-electron chi connectivity index (χ3n) is 5.42. The van der Waals surface area contributed by atoms with Gasteiger partial charge in [0.15, 0.2) is 0 Å². The zero-order chi connectivity index (χ0) is 21.5. The molecule has 2 aromatic carbocycles. The van der Waals surface area contributed by atoms with E-state index in [-0.39, 0.29) is 23.7 Å². The van der Waals surface area contributed by atoms with Crippen molar-refractivity contribution >= 4 is 17.5 Å². The summed E-state index contributed by atoms with van der Waals surface area (Å²) in [5.74, 6) is -0.369. The Hall–Kier alpha value is -2.77. The summed E-state index contributed by atoms with van der Waals surface area (Å²) in [5, 5.41) is 5.83. The van der Waals surface area contributed by atoms with Crippen molar-refractivity contribution in [1.29, 1.82) is 0 Å². The van der Waals surface area contributed by atoms with E-state index in [9.17, 15) is 14.0 Å². The number of anilines is 1. The number of halogens is 1. The highest BCUT2D eigenvalue weighted by Gasteiger charge is 2.26. The molecule has 0 aromatic heterocycles. The lowest BCUT2D eigenvalue weighted by molar-refractivity contribution is -0.127. The minimum Gasteiger partial charge on any atom is -0.351 e. The van der Waals surface area contributed by atoms with Gasteiger partial charge in [-0.25, -0.2) is 4.39 Å². The summed E-state index contributed by atoms with van der Waals surface area (Å²) in [6.45, 7) is 7.53. The molecule has 1 heterocycles. The number of carbonyl (C=O) groups excluding carboxylic acids is 2. The van der Waals surface area contributed by atoms with Crippen molar-refractivity contribution in [2.24, 2.45) is 0 Å². The molecule has 1 aliphatic rings. The second-order valence-corrected chi connectivity index (χ2v) is 7.75. The smallest absolute Gasteiger partial charge is 0.238 e. The molecule has 1 fully saturated rings. The van der Waals surface area contributed by atoms with Gasteiger partial charge < -0.3 is 10.6 Å². The van der Waals surface area contributed by atoms with E-state index in [0.717, 1.165) is 43.0 Å². The van der Waals surface area contributed by atoms with Crippen LogP contribution >= 0.6 is 0 Å². The fourth-order valence-corrected chi connectivity index (χ4v) is 3.45. The summed E-state index contributed by atoms with van der Waals surface area (Å²) in [6.07, 6.45) is 0. The van der Waals surface area contributed by atoms with Gasteiger partial charge in [0.2, 0.25) is 11.8 Å². The first-order valence-electron chi connectivity index (χ1n) is 10.3. The largest absolute Gasteiger partial charge is 0.351 e. The van der Waals surface area contributed by atoms with E-state index < -0.39 is 0 Å². The molecule has 1 atom stereocenters. The predicted octanol–water partition coefficient (Wildman–Crippen LogP) is 2.40. The van der Waals surface area contributed by atoms with Crippen molar-refractivity contribution in [3.63, 3.8) is 0 Å². The molecule has 2 amide bonds. The molecule has 0 spiro atoms. The Bertz CT molecular complexity index is 847. The van der Waals surface area contributed by atoms with Crippen molar-refractivity contribution in [3.8, 4) is 0 Å². The molecule has 1 aliphatic heterocycles. The molecule has 30 heavy (non-hydrogen) atoms. The Kier molecular flexibility index (Phi) is 7.54. The van der Waals surface area contributed by atoms with Crippen molar-refractivity contribution in [2.75, 3.05) is 38.0 Å². The number of piperazine rings is 1. The number of carbonyl (C=O) groups is 2. The minimum absolute atomic E-state index is 0.0302.